The Morgan fingerprint density at radius 3 is 2.31 bits per heavy atom. The van der Waals surface area contributed by atoms with E-state index in [1.54, 1.807) is 0 Å². The third-order valence-corrected chi connectivity index (χ3v) is 3.96. The number of hydrogen-bond acceptors (Lipinski definition) is 0. The van der Waals surface area contributed by atoms with Gasteiger partial charge in [-0.3, -0.25) is 0 Å². The Bertz CT molecular complexity index is 139. The molecule has 0 aromatic heterocycles. The van der Waals surface area contributed by atoms with Gasteiger partial charge in [0.2, 0.25) is 0 Å². The minimum Gasteiger partial charge on any atom is -0.0654 e. The zero-order valence-electron chi connectivity index (χ0n) is 9.84. The quantitative estimate of drug-likeness (QED) is 0.567. The molecule has 1 saturated carbocycles. The van der Waals surface area contributed by atoms with Gasteiger partial charge in [-0.15, -0.1) is 0 Å². The molecule has 4 atom stereocenters. The highest BCUT2D eigenvalue weighted by Gasteiger charge is 2.44. The van der Waals surface area contributed by atoms with E-state index in [9.17, 15) is 0 Å². The summed E-state index contributed by atoms with van der Waals surface area (Å²) in [4.78, 5) is 0. The van der Waals surface area contributed by atoms with Crippen LogP contribution >= 0.6 is 0 Å². The summed E-state index contributed by atoms with van der Waals surface area (Å²) in [5.74, 6) is 4.17. The van der Waals surface area contributed by atoms with Crippen molar-refractivity contribution in [2.45, 2.75) is 59.8 Å². The zero-order chi connectivity index (χ0) is 9.84. The van der Waals surface area contributed by atoms with Crippen molar-refractivity contribution in [3.05, 3.63) is 0 Å². The average molecular weight is 182 g/mol. The first-order valence-corrected chi connectivity index (χ1v) is 6.20. The predicted octanol–water partition coefficient (Wildman–Crippen LogP) is 4.49. The molecular weight excluding hydrogens is 156 g/mol. The van der Waals surface area contributed by atoms with Crippen molar-refractivity contribution in [1.82, 2.24) is 0 Å². The van der Waals surface area contributed by atoms with E-state index in [1.165, 1.54) is 32.1 Å². The molecule has 0 N–H and O–H groups in total. The van der Waals surface area contributed by atoms with Gasteiger partial charge in [0.15, 0.2) is 0 Å². The minimum atomic E-state index is 0.976. The van der Waals surface area contributed by atoms with Crippen LogP contribution in [0.1, 0.15) is 59.8 Å². The van der Waals surface area contributed by atoms with Gasteiger partial charge in [-0.1, -0.05) is 53.4 Å². The van der Waals surface area contributed by atoms with E-state index in [0.717, 1.165) is 23.7 Å². The fourth-order valence-electron chi connectivity index (χ4n) is 2.84. The van der Waals surface area contributed by atoms with Gasteiger partial charge in [-0.25, -0.2) is 0 Å². The lowest BCUT2D eigenvalue weighted by atomic mass is 9.97. The molecule has 0 heteroatoms. The molecule has 0 heterocycles. The number of hydrogen-bond donors (Lipinski definition) is 0. The molecule has 1 fully saturated rings. The van der Waals surface area contributed by atoms with Crippen LogP contribution in [0, 0.1) is 23.7 Å². The lowest BCUT2D eigenvalue weighted by Gasteiger charge is -2.09. The second-order valence-corrected chi connectivity index (χ2v) is 5.08. The van der Waals surface area contributed by atoms with Crippen LogP contribution in [-0.4, -0.2) is 0 Å². The van der Waals surface area contributed by atoms with Gasteiger partial charge in [0, 0.05) is 0 Å². The highest BCUT2D eigenvalue weighted by atomic mass is 14.5. The predicted molar refractivity (Wildman–Crippen MR) is 59.7 cm³/mol. The highest BCUT2D eigenvalue weighted by Crippen LogP contribution is 2.51. The molecule has 4 unspecified atom stereocenters. The lowest BCUT2D eigenvalue weighted by Crippen LogP contribution is -1.97. The third kappa shape index (κ3) is 3.00. The van der Waals surface area contributed by atoms with Gasteiger partial charge < -0.3 is 0 Å². The topological polar surface area (TPSA) is 0 Å². The molecule has 1 rings (SSSR count). The smallest absolute Gasteiger partial charge is 0.0352 e. The van der Waals surface area contributed by atoms with Crippen molar-refractivity contribution < 1.29 is 0 Å². The molecule has 0 spiro atoms. The number of unbranched alkanes of at least 4 members (excludes halogenated alkanes) is 1. The van der Waals surface area contributed by atoms with Crippen molar-refractivity contribution in [3.63, 3.8) is 0 Å². The van der Waals surface area contributed by atoms with Crippen LogP contribution in [0.15, 0.2) is 0 Å². The molecule has 0 aromatic rings. The van der Waals surface area contributed by atoms with E-state index >= 15 is 0 Å². The SMILES string of the molecule is CCCCC(C)CC1C(C)C1CC. The Morgan fingerprint density at radius 1 is 1.15 bits per heavy atom. The number of rotatable bonds is 6. The molecule has 0 aromatic carbocycles. The van der Waals surface area contributed by atoms with Crippen LogP contribution < -0.4 is 0 Å². The molecule has 1 aliphatic carbocycles. The fourth-order valence-corrected chi connectivity index (χ4v) is 2.84. The van der Waals surface area contributed by atoms with E-state index in [0.29, 0.717) is 0 Å². The van der Waals surface area contributed by atoms with Gasteiger partial charge in [0.1, 0.15) is 0 Å². The van der Waals surface area contributed by atoms with Crippen LogP contribution in [0.4, 0.5) is 0 Å². The van der Waals surface area contributed by atoms with E-state index in [2.05, 4.69) is 27.7 Å². The summed E-state index contributed by atoms with van der Waals surface area (Å²) < 4.78 is 0. The molecule has 78 valence electrons. The lowest BCUT2D eigenvalue weighted by molar-refractivity contribution is 0.426. The van der Waals surface area contributed by atoms with Gasteiger partial charge >= 0.3 is 0 Å². The largest absolute Gasteiger partial charge is 0.0654 e. The molecular formula is C13H26. The Balaban J connectivity index is 2.11. The summed E-state index contributed by atoms with van der Waals surface area (Å²) in [6.07, 6.45) is 7.16. The standard InChI is InChI=1S/C13H26/c1-5-7-8-10(3)9-13-11(4)12(13)6-2/h10-13H,5-9H2,1-4H3. The van der Waals surface area contributed by atoms with Crippen molar-refractivity contribution >= 4 is 0 Å². The Kier molecular flexibility index (Phi) is 4.28. The van der Waals surface area contributed by atoms with Gasteiger partial charge in [-0.05, 0) is 30.1 Å². The molecule has 0 bridgehead atoms. The summed E-state index contributed by atoms with van der Waals surface area (Å²) >= 11 is 0. The van der Waals surface area contributed by atoms with Crippen LogP contribution in [0.25, 0.3) is 0 Å². The molecule has 0 nitrogen and oxygen atoms in total. The van der Waals surface area contributed by atoms with Gasteiger partial charge in [-0.2, -0.15) is 0 Å². The maximum Gasteiger partial charge on any atom is -0.0352 e. The van der Waals surface area contributed by atoms with Gasteiger partial charge in [0.05, 0.1) is 0 Å². The van der Waals surface area contributed by atoms with Crippen LogP contribution in [0.2, 0.25) is 0 Å². The summed E-state index contributed by atoms with van der Waals surface area (Å²) in [6, 6.07) is 0. The third-order valence-electron chi connectivity index (χ3n) is 3.96. The zero-order valence-corrected chi connectivity index (χ0v) is 9.84. The van der Waals surface area contributed by atoms with E-state index in [4.69, 9.17) is 0 Å². The van der Waals surface area contributed by atoms with E-state index in [1.807, 2.05) is 0 Å². The van der Waals surface area contributed by atoms with Crippen LogP contribution in [0.5, 0.6) is 0 Å². The molecule has 0 saturated heterocycles. The summed E-state index contributed by atoms with van der Waals surface area (Å²) in [6.45, 7) is 9.51. The van der Waals surface area contributed by atoms with Crippen molar-refractivity contribution in [2.24, 2.45) is 23.7 Å². The molecule has 0 amide bonds. The molecule has 13 heavy (non-hydrogen) atoms. The molecule has 0 aliphatic heterocycles. The second-order valence-electron chi connectivity index (χ2n) is 5.08. The second kappa shape index (κ2) is 5.02. The van der Waals surface area contributed by atoms with Crippen molar-refractivity contribution in [1.29, 1.82) is 0 Å². The first kappa shape index (κ1) is 11.1. The molecule has 0 radical (unpaired) electrons. The Hall–Kier alpha value is 0. The minimum absolute atomic E-state index is 0.976. The maximum absolute atomic E-state index is 2.44. The van der Waals surface area contributed by atoms with Gasteiger partial charge in [0.25, 0.3) is 0 Å². The van der Waals surface area contributed by atoms with Crippen LogP contribution in [-0.2, 0) is 0 Å². The van der Waals surface area contributed by atoms with E-state index in [-0.39, 0.29) is 0 Å². The van der Waals surface area contributed by atoms with Crippen LogP contribution in [0.3, 0.4) is 0 Å². The van der Waals surface area contributed by atoms with E-state index < -0.39 is 0 Å². The fraction of sp³-hybridized carbons (Fsp3) is 1.00. The summed E-state index contributed by atoms with van der Waals surface area (Å²) in [5.41, 5.74) is 0. The maximum atomic E-state index is 2.44. The first-order chi connectivity index (χ1) is 6.20. The van der Waals surface area contributed by atoms with Crippen molar-refractivity contribution in [2.75, 3.05) is 0 Å². The Morgan fingerprint density at radius 2 is 1.85 bits per heavy atom. The summed E-state index contributed by atoms with van der Waals surface area (Å²) in [5, 5.41) is 0. The van der Waals surface area contributed by atoms with Crippen molar-refractivity contribution in [3.8, 4) is 0 Å². The Labute approximate surface area is 84.1 Å². The average Bonchev–Trinajstić information content (AvgIpc) is 2.72. The normalized spacial score (nSPS) is 34.6. The first-order valence-electron chi connectivity index (χ1n) is 6.20. The monoisotopic (exact) mass is 182 g/mol. The summed E-state index contributed by atoms with van der Waals surface area (Å²) in [7, 11) is 0. The highest BCUT2D eigenvalue weighted by molar-refractivity contribution is 4.93. The molecule has 1 aliphatic rings.